The Bertz CT molecular complexity index is 839. The maximum atomic E-state index is 12.8. The van der Waals surface area contributed by atoms with Crippen molar-refractivity contribution in [3.63, 3.8) is 0 Å². The van der Waals surface area contributed by atoms with Crippen molar-refractivity contribution in [2.45, 2.75) is 37.8 Å². The van der Waals surface area contributed by atoms with Crippen LogP contribution in [0, 0.1) is 5.92 Å². The monoisotopic (exact) mass is 428 g/mol. The number of thioether (sulfide) groups is 1. The number of amides is 1. The van der Waals surface area contributed by atoms with E-state index in [9.17, 15) is 4.79 Å². The fourth-order valence-corrected chi connectivity index (χ4v) is 3.98. The van der Waals surface area contributed by atoms with Crippen LogP contribution in [-0.4, -0.2) is 43.9 Å². The lowest BCUT2D eigenvalue weighted by Gasteiger charge is -2.25. The van der Waals surface area contributed by atoms with Gasteiger partial charge in [-0.2, -0.15) is 0 Å². The zero-order valence-corrected chi connectivity index (χ0v) is 19.1. The third-order valence-electron chi connectivity index (χ3n) is 5.14. The zero-order chi connectivity index (χ0) is 21.5. The molecule has 0 aromatic heterocycles. The van der Waals surface area contributed by atoms with Gasteiger partial charge in [0, 0.05) is 17.9 Å². The normalized spacial score (nSPS) is 14.5. The Morgan fingerprint density at radius 3 is 2.47 bits per heavy atom. The van der Waals surface area contributed by atoms with Crippen molar-refractivity contribution >= 4 is 17.7 Å². The fourth-order valence-electron chi connectivity index (χ4n) is 3.57. The molecular weight excluding hydrogens is 396 g/mol. The molecule has 3 rings (SSSR count). The van der Waals surface area contributed by atoms with Crippen LogP contribution >= 0.6 is 11.8 Å². The number of carbonyl (C=O) groups excluding carboxylic acids is 1. The predicted molar refractivity (Wildman–Crippen MR) is 122 cm³/mol. The van der Waals surface area contributed by atoms with Gasteiger partial charge in [0.25, 0.3) is 0 Å². The summed E-state index contributed by atoms with van der Waals surface area (Å²) in [7, 11) is 1.97. The van der Waals surface area contributed by atoms with Crippen LogP contribution in [0.15, 0.2) is 47.4 Å². The van der Waals surface area contributed by atoms with E-state index in [2.05, 4.69) is 49.7 Å². The minimum absolute atomic E-state index is 0.0176. The molecule has 1 atom stereocenters. The topological polar surface area (TPSA) is 50.8 Å². The largest absolute Gasteiger partial charge is 0.490 e. The number of likely N-dealkylation sites (N-methyl/N-ethyl adjacent to an activating group) is 1. The van der Waals surface area contributed by atoms with E-state index in [-0.39, 0.29) is 17.9 Å². The SMILES string of the molecule is CSc1ccc(CN(C)CC(=O)N[C@H](c2ccc3c(c2)OCCCO3)C(C)C)cc1. The van der Waals surface area contributed by atoms with Gasteiger partial charge in [-0.1, -0.05) is 32.0 Å². The second kappa shape index (κ2) is 10.7. The van der Waals surface area contributed by atoms with Crippen molar-refractivity contribution in [1.29, 1.82) is 0 Å². The Balaban J connectivity index is 1.61. The Morgan fingerprint density at radius 2 is 1.80 bits per heavy atom. The molecule has 1 amide bonds. The standard InChI is InChI=1S/C24H32N2O3S/c1-17(2)24(19-8-11-21-22(14-19)29-13-5-12-28-21)25-23(27)16-26(3)15-18-6-9-20(30-4)10-7-18/h6-11,14,17,24H,5,12-13,15-16H2,1-4H3,(H,25,27)/t24-/m0/s1. The first-order valence-electron chi connectivity index (χ1n) is 10.5. The smallest absolute Gasteiger partial charge is 0.234 e. The van der Waals surface area contributed by atoms with Crippen molar-refractivity contribution in [3.05, 3.63) is 53.6 Å². The molecule has 0 saturated carbocycles. The molecule has 162 valence electrons. The van der Waals surface area contributed by atoms with E-state index in [1.807, 2.05) is 30.1 Å². The second-order valence-electron chi connectivity index (χ2n) is 8.07. The summed E-state index contributed by atoms with van der Waals surface area (Å²) in [6.07, 6.45) is 2.95. The molecule has 0 unspecified atom stereocenters. The van der Waals surface area contributed by atoms with E-state index >= 15 is 0 Å². The van der Waals surface area contributed by atoms with Gasteiger partial charge in [0.1, 0.15) is 0 Å². The molecule has 0 spiro atoms. The number of hydrogen-bond acceptors (Lipinski definition) is 5. The van der Waals surface area contributed by atoms with Crippen LogP contribution in [0.2, 0.25) is 0 Å². The summed E-state index contributed by atoms with van der Waals surface area (Å²) in [6, 6.07) is 14.4. The summed E-state index contributed by atoms with van der Waals surface area (Å²) in [4.78, 5) is 16.0. The molecule has 30 heavy (non-hydrogen) atoms. The maximum absolute atomic E-state index is 12.8. The molecule has 0 bridgehead atoms. The first-order chi connectivity index (χ1) is 14.5. The molecule has 2 aromatic rings. The molecular formula is C24H32N2O3S. The Kier molecular flexibility index (Phi) is 8.05. The molecule has 6 heteroatoms. The van der Waals surface area contributed by atoms with E-state index in [0.29, 0.717) is 19.8 Å². The molecule has 5 nitrogen and oxygen atoms in total. The second-order valence-corrected chi connectivity index (χ2v) is 8.95. The summed E-state index contributed by atoms with van der Waals surface area (Å²) in [5.74, 6) is 1.81. The van der Waals surface area contributed by atoms with Gasteiger partial charge in [0.2, 0.25) is 5.91 Å². The van der Waals surface area contributed by atoms with Crippen molar-refractivity contribution in [2.24, 2.45) is 5.92 Å². The molecule has 1 aliphatic rings. The molecule has 1 aliphatic heterocycles. The van der Waals surface area contributed by atoms with Gasteiger partial charge in [-0.15, -0.1) is 11.8 Å². The molecule has 2 aromatic carbocycles. The van der Waals surface area contributed by atoms with Crippen molar-refractivity contribution in [1.82, 2.24) is 10.2 Å². The molecule has 1 heterocycles. The number of hydrogen-bond donors (Lipinski definition) is 1. The van der Waals surface area contributed by atoms with Gasteiger partial charge in [0.05, 0.1) is 25.8 Å². The van der Waals surface area contributed by atoms with Crippen molar-refractivity contribution in [3.8, 4) is 11.5 Å². The van der Waals surface area contributed by atoms with Gasteiger partial charge < -0.3 is 14.8 Å². The van der Waals surface area contributed by atoms with Gasteiger partial charge in [-0.25, -0.2) is 0 Å². The van der Waals surface area contributed by atoms with Crippen LogP contribution in [-0.2, 0) is 11.3 Å². The molecule has 1 N–H and O–H groups in total. The summed E-state index contributed by atoms with van der Waals surface area (Å²) < 4.78 is 11.6. The molecule has 0 saturated heterocycles. The van der Waals surface area contributed by atoms with E-state index in [0.717, 1.165) is 30.0 Å². The highest BCUT2D eigenvalue weighted by molar-refractivity contribution is 7.98. The number of fused-ring (bicyclic) bond motifs is 1. The van der Waals surface area contributed by atoms with E-state index in [1.165, 1.54) is 10.5 Å². The summed E-state index contributed by atoms with van der Waals surface area (Å²) >= 11 is 1.73. The van der Waals surface area contributed by atoms with Crippen LogP contribution in [0.5, 0.6) is 11.5 Å². The first-order valence-corrected chi connectivity index (χ1v) is 11.7. The van der Waals surface area contributed by atoms with E-state index in [1.54, 1.807) is 11.8 Å². The van der Waals surface area contributed by atoms with E-state index in [4.69, 9.17) is 9.47 Å². The minimum Gasteiger partial charge on any atom is -0.490 e. The zero-order valence-electron chi connectivity index (χ0n) is 18.3. The molecule has 0 aliphatic carbocycles. The summed E-state index contributed by atoms with van der Waals surface area (Å²) in [6.45, 7) is 6.63. The third-order valence-corrected chi connectivity index (χ3v) is 5.88. The predicted octanol–water partition coefficient (Wildman–Crippen LogP) is 4.52. The summed E-state index contributed by atoms with van der Waals surface area (Å²) in [5.41, 5.74) is 2.24. The maximum Gasteiger partial charge on any atom is 0.234 e. The number of nitrogens with one attached hydrogen (secondary N) is 1. The molecule has 0 radical (unpaired) electrons. The van der Waals surface area contributed by atoms with Crippen LogP contribution in [0.25, 0.3) is 0 Å². The fraction of sp³-hybridized carbons (Fsp3) is 0.458. The highest BCUT2D eigenvalue weighted by Crippen LogP contribution is 2.34. The van der Waals surface area contributed by atoms with Crippen LogP contribution in [0.1, 0.15) is 37.4 Å². The highest BCUT2D eigenvalue weighted by Gasteiger charge is 2.21. The average Bonchev–Trinajstić information content (AvgIpc) is 2.97. The van der Waals surface area contributed by atoms with Crippen molar-refractivity contribution < 1.29 is 14.3 Å². The van der Waals surface area contributed by atoms with Gasteiger partial charge in [-0.05, 0) is 54.6 Å². The number of rotatable bonds is 8. The number of carbonyl (C=O) groups is 1. The Labute approximate surface area is 184 Å². The number of ether oxygens (including phenoxy) is 2. The van der Waals surface area contributed by atoms with Gasteiger partial charge in [0.15, 0.2) is 11.5 Å². The van der Waals surface area contributed by atoms with Crippen LogP contribution in [0.3, 0.4) is 0 Å². The molecule has 0 fully saturated rings. The third kappa shape index (κ3) is 6.16. The average molecular weight is 429 g/mol. The number of nitrogens with zero attached hydrogens (tertiary/aromatic N) is 1. The quantitative estimate of drug-likeness (QED) is 0.627. The first kappa shape index (κ1) is 22.5. The Morgan fingerprint density at radius 1 is 1.10 bits per heavy atom. The van der Waals surface area contributed by atoms with Crippen molar-refractivity contribution in [2.75, 3.05) is 33.1 Å². The lowest BCUT2D eigenvalue weighted by atomic mass is 9.95. The van der Waals surface area contributed by atoms with Gasteiger partial charge in [-0.3, -0.25) is 9.69 Å². The highest BCUT2D eigenvalue weighted by atomic mass is 32.2. The van der Waals surface area contributed by atoms with E-state index < -0.39 is 0 Å². The lowest BCUT2D eigenvalue weighted by Crippen LogP contribution is -2.38. The summed E-state index contributed by atoms with van der Waals surface area (Å²) in [5, 5.41) is 3.21. The lowest BCUT2D eigenvalue weighted by molar-refractivity contribution is -0.123. The number of benzene rings is 2. The Hall–Kier alpha value is -2.18. The minimum atomic E-state index is -0.0797. The van der Waals surface area contributed by atoms with Crippen LogP contribution in [0.4, 0.5) is 0 Å². The van der Waals surface area contributed by atoms with Crippen LogP contribution < -0.4 is 14.8 Å². The van der Waals surface area contributed by atoms with Gasteiger partial charge >= 0.3 is 0 Å².